The summed E-state index contributed by atoms with van der Waals surface area (Å²) in [5.74, 6) is -0.260. The minimum Gasteiger partial charge on any atom is -0.382 e. The van der Waals surface area contributed by atoms with Crippen molar-refractivity contribution in [1.82, 2.24) is 19.5 Å². The summed E-state index contributed by atoms with van der Waals surface area (Å²) >= 11 is 0. The van der Waals surface area contributed by atoms with Gasteiger partial charge >= 0.3 is 0 Å². The van der Waals surface area contributed by atoms with Crippen LogP contribution in [-0.2, 0) is 20.8 Å². The molecule has 1 aliphatic carbocycles. The van der Waals surface area contributed by atoms with Gasteiger partial charge in [-0.3, -0.25) is 4.57 Å². The van der Waals surface area contributed by atoms with Crippen molar-refractivity contribution in [2.45, 2.75) is 38.4 Å². The maximum atomic E-state index is 6.21. The van der Waals surface area contributed by atoms with Gasteiger partial charge in [-0.1, -0.05) is 36.4 Å². The minimum absolute atomic E-state index is 0.0529. The van der Waals surface area contributed by atoms with Crippen molar-refractivity contribution in [1.29, 1.82) is 0 Å². The number of nitrogen functional groups attached to an aromatic ring is 1. The normalized spacial score (nSPS) is 25.3. The Hall–Kier alpha value is -2.81. The van der Waals surface area contributed by atoms with Gasteiger partial charge in [0, 0.05) is 5.92 Å². The van der Waals surface area contributed by atoms with E-state index in [1.807, 2.05) is 36.6 Å². The van der Waals surface area contributed by atoms with E-state index in [0.717, 1.165) is 11.3 Å². The van der Waals surface area contributed by atoms with Gasteiger partial charge in [0.2, 0.25) is 0 Å². The van der Waals surface area contributed by atoms with Gasteiger partial charge < -0.3 is 19.9 Å². The molecule has 2 N–H and O–H groups in total. The molecule has 0 radical (unpaired) electrons. The topological polar surface area (TPSA) is 97.3 Å². The maximum absolute atomic E-state index is 6.21. The van der Waals surface area contributed by atoms with Crippen molar-refractivity contribution in [3.8, 4) is 0 Å². The zero-order chi connectivity index (χ0) is 20.0. The fraction of sp³-hybridized carbons (Fsp3) is 0.381. The summed E-state index contributed by atoms with van der Waals surface area (Å²) in [7, 11) is 0. The average Bonchev–Trinajstić information content (AvgIpc) is 3.35. The Kier molecular flexibility index (Phi) is 4.34. The molecule has 0 saturated carbocycles. The molecule has 1 saturated heterocycles. The highest BCUT2D eigenvalue weighted by Gasteiger charge is 2.50. The molecule has 0 bridgehead atoms. The van der Waals surface area contributed by atoms with Crippen molar-refractivity contribution >= 4 is 22.7 Å². The Labute approximate surface area is 168 Å². The molecular weight excluding hydrogens is 370 g/mol. The summed E-state index contributed by atoms with van der Waals surface area (Å²) in [6, 6.07) is 10.1. The van der Waals surface area contributed by atoms with Crippen LogP contribution < -0.4 is 5.73 Å². The minimum atomic E-state index is -0.670. The third kappa shape index (κ3) is 3.29. The number of ether oxygens (including phenoxy) is 3. The molecule has 0 unspecified atom stereocenters. The number of nitrogens with zero attached hydrogens (tertiary/aromatic N) is 4. The molecular formula is C21H23N5O3. The summed E-state index contributed by atoms with van der Waals surface area (Å²) in [5.41, 5.74) is 9.26. The van der Waals surface area contributed by atoms with E-state index in [0.29, 0.717) is 30.2 Å². The molecule has 3 aromatic rings. The first-order valence-corrected chi connectivity index (χ1v) is 9.65. The number of anilines is 1. The van der Waals surface area contributed by atoms with E-state index in [1.54, 1.807) is 6.33 Å². The SMILES string of the molecule is CC1(C)O[C@@H]2[C@@H](COCc3ccccc3)C=C(n3cnc4c(N)ncnc43)[C@H]2O1. The number of fused-ring (bicyclic) bond motifs is 2. The zero-order valence-corrected chi connectivity index (χ0v) is 16.4. The van der Waals surface area contributed by atoms with Crippen molar-refractivity contribution < 1.29 is 14.2 Å². The molecule has 1 fully saturated rings. The van der Waals surface area contributed by atoms with Gasteiger partial charge in [0.1, 0.15) is 24.9 Å². The van der Waals surface area contributed by atoms with E-state index in [1.165, 1.54) is 6.33 Å². The predicted molar refractivity (Wildman–Crippen MR) is 107 cm³/mol. The number of aromatic nitrogens is 4. The molecule has 1 aliphatic heterocycles. The van der Waals surface area contributed by atoms with Crippen molar-refractivity contribution in [3.05, 3.63) is 54.6 Å². The Balaban J connectivity index is 1.42. The van der Waals surface area contributed by atoms with E-state index in [2.05, 4.69) is 33.2 Å². The molecule has 3 heterocycles. The highest BCUT2D eigenvalue weighted by atomic mass is 16.8. The van der Waals surface area contributed by atoms with Crippen LogP contribution in [0.15, 0.2) is 49.1 Å². The van der Waals surface area contributed by atoms with Crippen LogP contribution in [0.25, 0.3) is 16.9 Å². The standard InChI is InChI=1S/C21H23N5O3/c1-21(2)28-17-14(10-27-9-13-6-4-3-5-7-13)8-15(18(17)29-21)26-12-25-16-19(22)23-11-24-20(16)26/h3-8,11-12,14,17-18H,9-10H2,1-2H3,(H2,22,23,24)/t14-,17-,18-/m1/s1. The molecule has 150 valence electrons. The van der Waals surface area contributed by atoms with Crippen LogP contribution in [-0.4, -0.2) is 44.1 Å². The second-order valence-corrected chi connectivity index (χ2v) is 7.82. The highest BCUT2D eigenvalue weighted by Crippen LogP contribution is 2.43. The summed E-state index contributed by atoms with van der Waals surface area (Å²) in [6.07, 6.45) is 4.92. The fourth-order valence-electron chi connectivity index (χ4n) is 4.03. The third-order valence-corrected chi connectivity index (χ3v) is 5.29. The maximum Gasteiger partial charge on any atom is 0.169 e. The predicted octanol–water partition coefficient (Wildman–Crippen LogP) is 2.62. The van der Waals surface area contributed by atoms with Crippen LogP contribution in [0.2, 0.25) is 0 Å². The highest BCUT2D eigenvalue weighted by molar-refractivity contribution is 5.84. The van der Waals surface area contributed by atoms with Gasteiger partial charge in [-0.15, -0.1) is 0 Å². The first-order valence-electron chi connectivity index (χ1n) is 9.65. The third-order valence-electron chi connectivity index (χ3n) is 5.29. The summed E-state index contributed by atoms with van der Waals surface area (Å²) in [4.78, 5) is 12.8. The summed E-state index contributed by atoms with van der Waals surface area (Å²) in [5, 5.41) is 0. The Morgan fingerprint density at radius 1 is 1.14 bits per heavy atom. The molecule has 8 nitrogen and oxygen atoms in total. The number of hydrogen-bond acceptors (Lipinski definition) is 7. The lowest BCUT2D eigenvalue weighted by Gasteiger charge is -2.20. The lowest BCUT2D eigenvalue weighted by molar-refractivity contribution is -0.149. The first kappa shape index (κ1) is 18.2. The Morgan fingerprint density at radius 2 is 1.97 bits per heavy atom. The fourth-order valence-corrected chi connectivity index (χ4v) is 4.03. The second-order valence-electron chi connectivity index (χ2n) is 7.82. The molecule has 2 aliphatic rings. The summed E-state index contributed by atoms with van der Waals surface area (Å²) < 4.78 is 20.3. The Morgan fingerprint density at radius 3 is 2.79 bits per heavy atom. The summed E-state index contributed by atoms with van der Waals surface area (Å²) in [6.45, 7) is 4.94. The van der Waals surface area contributed by atoms with Gasteiger partial charge in [0.25, 0.3) is 0 Å². The van der Waals surface area contributed by atoms with Gasteiger partial charge in [0.15, 0.2) is 22.8 Å². The molecule has 8 heteroatoms. The lowest BCUT2D eigenvalue weighted by atomic mass is 10.1. The van der Waals surface area contributed by atoms with Gasteiger partial charge in [0.05, 0.1) is 18.9 Å². The number of benzene rings is 1. The first-order chi connectivity index (χ1) is 14.0. The van der Waals surface area contributed by atoms with Crippen LogP contribution in [0.3, 0.4) is 0 Å². The second kappa shape index (κ2) is 6.91. The number of rotatable bonds is 5. The van der Waals surface area contributed by atoms with Crippen molar-refractivity contribution in [3.63, 3.8) is 0 Å². The van der Waals surface area contributed by atoms with Crippen LogP contribution in [0.1, 0.15) is 19.4 Å². The molecule has 0 amide bonds. The van der Waals surface area contributed by atoms with Crippen LogP contribution in [0.4, 0.5) is 5.82 Å². The lowest BCUT2D eigenvalue weighted by Crippen LogP contribution is -2.28. The van der Waals surface area contributed by atoms with Gasteiger partial charge in [-0.25, -0.2) is 15.0 Å². The molecule has 5 rings (SSSR count). The molecule has 0 spiro atoms. The van der Waals surface area contributed by atoms with E-state index >= 15 is 0 Å². The van der Waals surface area contributed by atoms with E-state index in [4.69, 9.17) is 19.9 Å². The number of imidazole rings is 1. The van der Waals surface area contributed by atoms with Gasteiger partial charge in [-0.2, -0.15) is 0 Å². The van der Waals surface area contributed by atoms with Crippen LogP contribution in [0, 0.1) is 5.92 Å². The molecule has 29 heavy (non-hydrogen) atoms. The van der Waals surface area contributed by atoms with E-state index < -0.39 is 5.79 Å². The smallest absolute Gasteiger partial charge is 0.169 e. The monoisotopic (exact) mass is 393 g/mol. The van der Waals surface area contributed by atoms with E-state index in [9.17, 15) is 0 Å². The van der Waals surface area contributed by atoms with Crippen molar-refractivity contribution in [2.24, 2.45) is 5.92 Å². The number of nitrogens with two attached hydrogens (primary N) is 1. The van der Waals surface area contributed by atoms with Gasteiger partial charge in [-0.05, 0) is 19.4 Å². The largest absolute Gasteiger partial charge is 0.382 e. The Bertz CT molecular complexity index is 1060. The molecule has 2 aromatic heterocycles. The van der Waals surface area contributed by atoms with Crippen LogP contribution in [0.5, 0.6) is 0 Å². The van der Waals surface area contributed by atoms with Crippen molar-refractivity contribution in [2.75, 3.05) is 12.3 Å². The van der Waals surface area contributed by atoms with E-state index in [-0.39, 0.29) is 18.1 Å². The van der Waals surface area contributed by atoms with Crippen LogP contribution >= 0.6 is 0 Å². The number of hydrogen-bond donors (Lipinski definition) is 1. The molecule has 1 aromatic carbocycles. The quantitative estimate of drug-likeness (QED) is 0.711. The molecule has 3 atom stereocenters. The average molecular weight is 393 g/mol. The zero-order valence-electron chi connectivity index (χ0n) is 16.4.